The summed E-state index contributed by atoms with van der Waals surface area (Å²) in [6.07, 6.45) is -4.76. The number of alkyl halides is 3. The van der Waals surface area contributed by atoms with Crippen molar-refractivity contribution >= 4 is 39.0 Å². The second-order valence-electron chi connectivity index (χ2n) is 5.20. The maximum absolute atomic E-state index is 12.2. The van der Waals surface area contributed by atoms with Crippen molar-refractivity contribution in [1.82, 2.24) is 0 Å². The Bertz CT molecular complexity index is 951. The predicted octanol–water partition coefficient (Wildman–Crippen LogP) is 5.73. The van der Waals surface area contributed by atoms with Gasteiger partial charge in [-0.05, 0) is 35.2 Å². The van der Waals surface area contributed by atoms with Crippen molar-refractivity contribution < 1.29 is 32.5 Å². The Labute approximate surface area is 154 Å². The van der Waals surface area contributed by atoms with Gasteiger partial charge in [-0.15, -0.1) is 24.5 Å². The summed E-state index contributed by atoms with van der Waals surface area (Å²) < 4.78 is 47.0. The third-order valence-corrected chi connectivity index (χ3v) is 4.66. The number of benzene rings is 2. The first kappa shape index (κ1) is 18.3. The average Bonchev–Trinajstić information content (AvgIpc) is 2.92. The number of hydrogen-bond donors (Lipinski definition) is 1. The molecule has 4 nitrogen and oxygen atoms in total. The molecule has 136 valence electrons. The van der Waals surface area contributed by atoms with Gasteiger partial charge in [0.05, 0.1) is 9.04 Å². The van der Waals surface area contributed by atoms with Crippen molar-refractivity contribution in [3.8, 4) is 11.5 Å². The molecule has 0 saturated heterocycles. The minimum Gasteiger partial charge on any atom is -0.486 e. The van der Waals surface area contributed by atoms with E-state index in [1.54, 1.807) is 12.1 Å². The number of fused-ring (bicyclic) bond motifs is 1. The lowest BCUT2D eigenvalue weighted by molar-refractivity contribution is -0.274. The Morgan fingerprint density at radius 3 is 2.46 bits per heavy atom. The molecule has 3 rings (SSSR count). The van der Waals surface area contributed by atoms with Crippen LogP contribution < -0.4 is 9.47 Å². The topological polar surface area (TPSA) is 55.8 Å². The molecule has 0 atom stereocenters. The van der Waals surface area contributed by atoms with E-state index in [1.165, 1.54) is 29.5 Å². The molecule has 0 aliphatic heterocycles. The van der Waals surface area contributed by atoms with E-state index in [-0.39, 0.29) is 23.7 Å². The van der Waals surface area contributed by atoms with Crippen molar-refractivity contribution in [2.75, 3.05) is 0 Å². The molecule has 0 spiro atoms. The monoisotopic (exact) mass is 402 g/mol. The van der Waals surface area contributed by atoms with Gasteiger partial charge in [-0.1, -0.05) is 29.8 Å². The number of carboxylic acids is 1. The molecule has 26 heavy (non-hydrogen) atoms. The van der Waals surface area contributed by atoms with Gasteiger partial charge in [0, 0.05) is 0 Å². The second kappa shape index (κ2) is 7.05. The molecule has 1 aromatic heterocycles. The minimum atomic E-state index is -4.76. The third kappa shape index (κ3) is 4.20. The molecule has 0 amide bonds. The zero-order valence-corrected chi connectivity index (χ0v) is 14.4. The lowest BCUT2D eigenvalue weighted by atomic mass is 10.1. The van der Waals surface area contributed by atoms with Crippen LogP contribution in [0.3, 0.4) is 0 Å². The molecule has 0 bridgehead atoms. The molecule has 1 heterocycles. The standard InChI is InChI=1S/C17H10ClF3O4S/c18-13-7-10-3-6-12(16(22)23)14(15(10)26-13)24-8-9-1-4-11(5-2-9)25-17(19,20)21/h1-7H,8H2,(H,22,23). The van der Waals surface area contributed by atoms with Crippen LogP contribution in [0.4, 0.5) is 13.2 Å². The average molecular weight is 403 g/mol. The third-order valence-electron chi connectivity index (χ3n) is 3.38. The van der Waals surface area contributed by atoms with Gasteiger partial charge in [0.1, 0.15) is 17.9 Å². The summed E-state index contributed by atoms with van der Waals surface area (Å²) in [5, 5.41) is 10.1. The van der Waals surface area contributed by atoms with Crippen LogP contribution in [0.2, 0.25) is 4.34 Å². The van der Waals surface area contributed by atoms with Gasteiger partial charge in [-0.25, -0.2) is 4.79 Å². The SMILES string of the molecule is O=C(O)c1ccc2cc(Cl)sc2c1OCc1ccc(OC(F)(F)F)cc1. The number of rotatable bonds is 5. The Balaban J connectivity index is 1.83. The number of aromatic carboxylic acids is 1. The van der Waals surface area contributed by atoms with Gasteiger partial charge in [0.2, 0.25) is 0 Å². The number of carbonyl (C=O) groups is 1. The first-order chi connectivity index (χ1) is 12.2. The van der Waals surface area contributed by atoms with E-state index < -0.39 is 12.3 Å². The molecule has 0 fully saturated rings. The molecule has 0 aliphatic carbocycles. The van der Waals surface area contributed by atoms with E-state index in [0.717, 1.165) is 17.5 Å². The zero-order chi connectivity index (χ0) is 18.9. The molecule has 9 heteroatoms. The molecule has 1 N–H and O–H groups in total. The van der Waals surface area contributed by atoms with Crippen LogP contribution in [0.15, 0.2) is 42.5 Å². The van der Waals surface area contributed by atoms with Crippen LogP contribution in [0.1, 0.15) is 15.9 Å². The van der Waals surface area contributed by atoms with Crippen LogP contribution in [0, 0.1) is 0 Å². The molecule has 3 aromatic rings. The molecular weight excluding hydrogens is 393 g/mol. The maximum atomic E-state index is 12.2. The van der Waals surface area contributed by atoms with E-state index >= 15 is 0 Å². The van der Waals surface area contributed by atoms with Gasteiger partial charge >= 0.3 is 12.3 Å². The summed E-state index contributed by atoms with van der Waals surface area (Å²) in [6.45, 7) is -0.0266. The lowest BCUT2D eigenvalue weighted by Gasteiger charge is -2.12. The zero-order valence-electron chi connectivity index (χ0n) is 12.8. The number of hydrogen-bond acceptors (Lipinski definition) is 4. The van der Waals surface area contributed by atoms with Gasteiger partial charge in [-0.3, -0.25) is 0 Å². The quantitative estimate of drug-likeness (QED) is 0.592. The number of halogens is 4. The maximum Gasteiger partial charge on any atom is 0.573 e. The second-order valence-corrected chi connectivity index (χ2v) is 6.88. The van der Waals surface area contributed by atoms with E-state index in [0.29, 0.717) is 14.6 Å². The van der Waals surface area contributed by atoms with Gasteiger partial charge in [0.25, 0.3) is 0 Å². The van der Waals surface area contributed by atoms with Gasteiger partial charge in [-0.2, -0.15) is 0 Å². The summed E-state index contributed by atoms with van der Waals surface area (Å²) in [4.78, 5) is 11.4. The largest absolute Gasteiger partial charge is 0.573 e. The molecular formula is C17H10ClF3O4S. The molecule has 2 aromatic carbocycles. The Morgan fingerprint density at radius 2 is 1.85 bits per heavy atom. The summed E-state index contributed by atoms with van der Waals surface area (Å²) in [6, 6.07) is 9.88. The summed E-state index contributed by atoms with van der Waals surface area (Å²) in [5.74, 6) is -1.33. The number of ether oxygens (including phenoxy) is 2. The van der Waals surface area contributed by atoms with Crippen molar-refractivity contribution in [2.24, 2.45) is 0 Å². The predicted molar refractivity (Wildman–Crippen MR) is 91.3 cm³/mol. The van der Waals surface area contributed by atoms with E-state index in [9.17, 15) is 23.1 Å². The number of carboxylic acid groups (broad SMARTS) is 1. The van der Waals surface area contributed by atoms with Gasteiger partial charge < -0.3 is 14.6 Å². The van der Waals surface area contributed by atoms with Gasteiger partial charge in [0.15, 0.2) is 5.75 Å². The summed E-state index contributed by atoms with van der Waals surface area (Å²) >= 11 is 7.17. The van der Waals surface area contributed by atoms with E-state index in [1.807, 2.05) is 0 Å². The van der Waals surface area contributed by atoms with Crippen molar-refractivity contribution in [2.45, 2.75) is 13.0 Å². The smallest absolute Gasteiger partial charge is 0.486 e. The lowest BCUT2D eigenvalue weighted by Crippen LogP contribution is -2.17. The van der Waals surface area contributed by atoms with Crippen molar-refractivity contribution in [1.29, 1.82) is 0 Å². The summed E-state index contributed by atoms with van der Waals surface area (Å²) in [7, 11) is 0. The Hall–Kier alpha value is -2.45. The molecule has 0 aliphatic rings. The van der Waals surface area contributed by atoms with E-state index in [4.69, 9.17) is 16.3 Å². The van der Waals surface area contributed by atoms with Crippen LogP contribution >= 0.6 is 22.9 Å². The highest BCUT2D eigenvalue weighted by atomic mass is 35.5. The first-order valence-electron chi connectivity index (χ1n) is 7.16. The highest BCUT2D eigenvalue weighted by Gasteiger charge is 2.31. The highest BCUT2D eigenvalue weighted by Crippen LogP contribution is 2.39. The first-order valence-corrected chi connectivity index (χ1v) is 8.35. The normalized spacial score (nSPS) is 11.5. The molecule has 0 radical (unpaired) electrons. The number of thiophene rings is 1. The van der Waals surface area contributed by atoms with Crippen LogP contribution in [0.5, 0.6) is 11.5 Å². The molecule has 0 unspecified atom stereocenters. The fraction of sp³-hybridized carbons (Fsp3) is 0.118. The summed E-state index contributed by atoms with van der Waals surface area (Å²) in [5.41, 5.74) is 0.531. The van der Waals surface area contributed by atoms with Crippen LogP contribution in [-0.4, -0.2) is 17.4 Å². The van der Waals surface area contributed by atoms with Crippen LogP contribution in [-0.2, 0) is 6.61 Å². The fourth-order valence-electron chi connectivity index (χ4n) is 2.30. The Kier molecular flexibility index (Phi) is 4.97. The van der Waals surface area contributed by atoms with Crippen molar-refractivity contribution in [3.05, 3.63) is 57.9 Å². The van der Waals surface area contributed by atoms with E-state index in [2.05, 4.69) is 4.74 Å². The highest BCUT2D eigenvalue weighted by molar-refractivity contribution is 7.23. The van der Waals surface area contributed by atoms with Crippen LogP contribution in [0.25, 0.3) is 10.1 Å². The molecule has 0 saturated carbocycles. The van der Waals surface area contributed by atoms with Crippen molar-refractivity contribution in [3.63, 3.8) is 0 Å². The Morgan fingerprint density at radius 1 is 1.15 bits per heavy atom. The fourth-order valence-corrected chi connectivity index (χ4v) is 3.54. The minimum absolute atomic E-state index is 0.0203.